The van der Waals surface area contributed by atoms with E-state index in [4.69, 9.17) is 0 Å². The van der Waals surface area contributed by atoms with E-state index in [-0.39, 0.29) is 31.2 Å². The summed E-state index contributed by atoms with van der Waals surface area (Å²) in [7, 11) is -1.73. The minimum absolute atomic E-state index is 0. The molecule has 0 spiro atoms. The number of benzene rings is 1. The van der Waals surface area contributed by atoms with E-state index in [0.29, 0.717) is 12.1 Å². The van der Waals surface area contributed by atoms with Gasteiger partial charge in [-0.1, -0.05) is 57.7 Å². The number of pyridine rings is 1. The number of Topliss-reactive ketones (excluding diaryl/α,β-unsaturated/α-hetero) is 1. The third kappa shape index (κ3) is 7.90. The molecule has 0 aliphatic carbocycles. The lowest BCUT2D eigenvalue weighted by atomic mass is 9.74. The topological polar surface area (TPSA) is 120 Å². The second-order valence-electron chi connectivity index (χ2n) is 7.91. The van der Waals surface area contributed by atoms with Crippen LogP contribution in [0.4, 0.5) is 0 Å². The first-order chi connectivity index (χ1) is 14.2. The fourth-order valence-electron chi connectivity index (χ4n) is 3.20. The van der Waals surface area contributed by atoms with Crippen LogP contribution in [0.2, 0.25) is 0 Å². The van der Waals surface area contributed by atoms with E-state index in [1.165, 1.54) is 6.92 Å². The van der Waals surface area contributed by atoms with Crippen molar-refractivity contribution in [3.8, 4) is 11.3 Å². The molecule has 0 bridgehead atoms. The van der Waals surface area contributed by atoms with Crippen molar-refractivity contribution in [2.24, 2.45) is 11.8 Å². The van der Waals surface area contributed by atoms with E-state index in [0.717, 1.165) is 5.56 Å². The normalized spacial score (nSPS) is 13.6. The number of ketones is 1. The average molecular weight is 428 g/mol. The second-order valence-corrected chi connectivity index (χ2v) is 7.91. The molecule has 2 aromatic rings. The molecule has 0 radical (unpaired) electrons. The molecule has 0 saturated heterocycles. The molecule has 1 heterocycles. The molecule has 1 amide bonds. The summed E-state index contributed by atoms with van der Waals surface area (Å²) in [4.78, 5) is 29.9. The minimum atomic E-state index is -1.73. The summed E-state index contributed by atoms with van der Waals surface area (Å²) in [6.45, 7) is 5.21. The Bertz CT molecular complexity index is 843. The number of hydrogen-bond acceptors (Lipinski definition) is 6. The van der Waals surface area contributed by atoms with Gasteiger partial charge in [-0.25, -0.2) is 4.98 Å². The van der Waals surface area contributed by atoms with Gasteiger partial charge in [0.2, 0.25) is 5.91 Å². The number of aliphatic hydroxyl groups is 1. The van der Waals surface area contributed by atoms with E-state index < -0.39 is 31.0 Å². The van der Waals surface area contributed by atoms with Crippen molar-refractivity contribution < 1.29 is 24.7 Å². The maximum atomic E-state index is 12.8. The highest BCUT2D eigenvalue weighted by atomic mass is 16.4. The highest BCUT2D eigenvalue weighted by Gasteiger charge is 2.32. The number of hydrogen-bond donors (Lipinski definition) is 4. The largest absolute Gasteiger partial charge is 0.475 e. The lowest BCUT2D eigenvalue weighted by Crippen LogP contribution is -2.50. The van der Waals surface area contributed by atoms with Crippen molar-refractivity contribution in [3.05, 3.63) is 54.2 Å². The molecule has 8 heteroatoms. The molecule has 168 valence electrons. The van der Waals surface area contributed by atoms with Crippen LogP contribution < -0.4 is 5.32 Å². The SMILES string of the molecule is C.CC(C)C[C@H](NC(=O)[C@@H](CC(=O)c1cccc(-c2ccccc2)n1)[C@@H](C)O)B(O)O. The fourth-order valence-corrected chi connectivity index (χ4v) is 3.20. The average Bonchev–Trinajstić information content (AvgIpc) is 2.71. The number of carbonyl (C=O) groups is 2. The summed E-state index contributed by atoms with van der Waals surface area (Å²) in [5.74, 6) is -2.77. The zero-order valence-corrected chi connectivity index (χ0v) is 17.5. The number of nitrogens with zero attached hydrogens (tertiary/aromatic N) is 1. The highest BCUT2D eigenvalue weighted by molar-refractivity contribution is 6.43. The molecule has 0 fully saturated rings. The second kappa shape index (κ2) is 12.3. The number of rotatable bonds is 10. The first kappa shape index (κ1) is 26.5. The first-order valence-electron chi connectivity index (χ1n) is 10.1. The van der Waals surface area contributed by atoms with Gasteiger partial charge >= 0.3 is 7.12 Å². The van der Waals surface area contributed by atoms with Crippen molar-refractivity contribution in [2.45, 2.75) is 53.1 Å². The Morgan fingerprint density at radius 3 is 2.23 bits per heavy atom. The van der Waals surface area contributed by atoms with E-state index in [1.54, 1.807) is 18.2 Å². The standard InChI is InChI=1S/C22H29BN2O5.CH4/c1-14(2)12-21(23(29)30)25-22(28)17(15(3)26)13-20(27)19-11-7-10-18(24-19)16-8-5-4-6-9-16;/h4-11,14-15,17,21,26,29-30H,12-13H2,1-3H3,(H,25,28);1H4/t15-,17+,21+;/m1./s1. The van der Waals surface area contributed by atoms with E-state index in [9.17, 15) is 24.7 Å². The molecule has 1 aromatic carbocycles. The van der Waals surface area contributed by atoms with E-state index >= 15 is 0 Å². The number of carbonyl (C=O) groups excluding carboxylic acids is 2. The Morgan fingerprint density at radius 2 is 1.68 bits per heavy atom. The predicted molar refractivity (Wildman–Crippen MR) is 122 cm³/mol. The molecule has 31 heavy (non-hydrogen) atoms. The van der Waals surface area contributed by atoms with Crippen LogP contribution in [0.15, 0.2) is 48.5 Å². The highest BCUT2D eigenvalue weighted by Crippen LogP contribution is 2.19. The van der Waals surface area contributed by atoms with Gasteiger partial charge in [0.1, 0.15) is 5.69 Å². The van der Waals surface area contributed by atoms with Crippen molar-refractivity contribution in [3.63, 3.8) is 0 Å². The Kier molecular flexibility index (Phi) is 10.5. The number of amides is 1. The molecule has 0 aliphatic heterocycles. The van der Waals surface area contributed by atoms with Crippen molar-refractivity contribution >= 4 is 18.8 Å². The van der Waals surface area contributed by atoms with Gasteiger partial charge < -0.3 is 20.5 Å². The van der Waals surface area contributed by atoms with E-state index in [2.05, 4.69) is 10.3 Å². The summed E-state index contributed by atoms with van der Waals surface area (Å²) in [6, 6.07) is 14.5. The third-order valence-corrected chi connectivity index (χ3v) is 4.84. The number of aliphatic hydroxyl groups excluding tert-OH is 1. The lowest BCUT2D eigenvalue weighted by Gasteiger charge is -2.24. The van der Waals surface area contributed by atoms with Crippen LogP contribution in [0, 0.1) is 11.8 Å². The minimum Gasteiger partial charge on any atom is -0.426 e. The first-order valence-corrected chi connectivity index (χ1v) is 10.1. The van der Waals surface area contributed by atoms with Crippen LogP contribution in [0.3, 0.4) is 0 Å². The molecular weight excluding hydrogens is 395 g/mol. The third-order valence-electron chi connectivity index (χ3n) is 4.84. The molecular formula is C23H33BN2O5. The Labute approximate surface area is 184 Å². The molecule has 4 N–H and O–H groups in total. The predicted octanol–water partition coefficient (Wildman–Crippen LogP) is 2.50. The summed E-state index contributed by atoms with van der Waals surface area (Å²) in [5.41, 5.74) is 1.71. The smallest absolute Gasteiger partial charge is 0.426 e. The Hall–Kier alpha value is -2.55. The van der Waals surface area contributed by atoms with Gasteiger partial charge in [0.25, 0.3) is 0 Å². The van der Waals surface area contributed by atoms with Crippen LogP contribution in [0.25, 0.3) is 11.3 Å². The van der Waals surface area contributed by atoms with Crippen molar-refractivity contribution in [2.75, 3.05) is 0 Å². The lowest BCUT2D eigenvalue weighted by molar-refractivity contribution is -0.128. The van der Waals surface area contributed by atoms with Gasteiger partial charge in [-0.05, 0) is 31.4 Å². The van der Waals surface area contributed by atoms with Gasteiger partial charge in [-0.2, -0.15) is 0 Å². The maximum Gasteiger partial charge on any atom is 0.475 e. The fraction of sp³-hybridized carbons (Fsp3) is 0.435. The summed E-state index contributed by atoms with van der Waals surface area (Å²) in [6.07, 6.45) is -0.989. The number of aromatic nitrogens is 1. The van der Waals surface area contributed by atoms with Gasteiger partial charge in [0, 0.05) is 12.0 Å². The summed E-state index contributed by atoms with van der Waals surface area (Å²) >= 11 is 0. The van der Waals surface area contributed by atoms with Crippen molar-refractivity contribution in [1.29, 1.82) is 0 Å². The maximum absolute atomic E-state index is 12.8. The quantitative estimate of drug-likeness (QED) is 0.341. The van der Waals surface area contributed by atoms with Gasteiger partial charge in [0.05, 0.1) is 23.7 Å². The molecule has 0 aliphatic rings. The monoisotopic (exact) mass is 428 g/mol. The molecule has 0 saturated carbocycles. The zero-order chi connectivity index (χ0) is 22.3. The van der Waals surface area contributed by atoms with E-state index in [1.807, 2.05) is 44.2 Å². The van der Waals surface area contributed by atoms with Gasteiger partial charge in [-0.15, -0.1) is 0 Å². The Morgan fingerprint density at radius 1 is 1.03 bits per heavy atom. The molecule has 2 rings (SSSR count). The van der Waals surface area contributed by atoms with Gasteiger partial charge in [-0.3, -0.25) is 9.59 Å². The van der Waals surface area contributed by atoms with Crippen LogP contribution in [-0.4, -0.2) is 51.0 Å². The van der Waals surface area contributed by atoms with Crippen molar-refractivity contribution in [1.82, 2.24) is 10.3 Å². The molecule has 3 atom stereocenters. The molecule has 1 aromatic heterocycles. The van der Waals surface area contributed by atoms with Crippen LogP contribution in [-0.2, 0) is 4.79 Å². The van der Waals surface area contributed by atoms with Crippen LogP contribution >= 0.6 is 0 Å². The summed E-state index contributed by atoms with van der Waals surface area (Å²) < 4.78 is 0. The van der Waals surface area contributed by atoms with Crippen LogP contribution in [0.5, 0.6) is 0 Å². The zero-order valence-electron chi connectivity index (χ0n) is 17.5. The number of nitrogens with one attached hydrogen (secondary N) is 1. The molecule has 7 nitrogen and oxygen atoms in total. The molecule has 0 unspecified atom stereocenters. The summed E-state index contributed by atoms with van der Waals surface area (Å²) in [5, 5.41) is 31.7. The Balaban J connectivity index is 0.00000480. The van der Waals surface area contributed by atoms with Crippen LogP contribution in [0.1, 0.15) is 51.5 Å². The van der Waals surface area contributed by atoms with Gasteiger partial charge in [0.15, 0.2) is 5.78 Å².